The van der Waals surface area contributed by atoms with Crippen LogP contribution in [0.1, 0.15) is 37.3 Å². The molecule has 3 rings (SSSR count). The summed E-state index contributed by atoms with van der Waals surface area (Å²) in [5.41, 5.74) is 1.75. The average molecular weight is 527 g/mol. The highest BCUT2D eigenvalue weighted by Gasteiger charge is 2.30. The third-order valence-electron chi connectivity index (χ3n) is 5.77. The minimum Gasteiger partial charge on any atom is -0.354 e. The normalized spacial score (nSPS) is 11.6. The topological polar surface area (TPSA) is 49.4 Å². The van der Waals surface area contributed by atoms with Crippen molar-refractivity contribution >= 4 is 35.2 Å². The number of hydrogen-bond acceptors (Lipinski definition) is 3. The third-order valence-corrected chi connectivity index (χ3v) is 7.03. The Labute approximate surface area is 222 Å². The van der Waals surface area contributed by atoms with Gasteiger partial charge in [-0.3, -0.25) is 9.59 Å². The maximum Gasteiger partial charge on any atom is 0.243 e. The first-order valence-electron chi connectivity index (χ1n) is 12.2. The molecule has 0 unspecified atom stereocenters. The SMILES string of the molecule is CCCCNC(=O)[C@@H](Cc1ccccc1)N(Cc1ccc(F)cc1)C(=O)CCSc1ccc(Cl)cc1. The molecule has 0 saturated heterocycles. The van der Waals surface area contributed by atoms with Crippen molar-refractivity contribution < 1.29 is 14.0 Å². The van der Waals surface area contributed by atoms with E-state index in [4.69, 9.17) is 11.6 Å². The number of thioether (sulfide) groups is 1. The van der Waals surface area contributed by atoms with E-state index in [0.29, 0.717) is 23.7 Å². The summed E-state index contributed by atoms with van der Waals surface area (Å²) >= 11 is 7.54. The highest BCUT2D eigenvalue weighted by molar-refractivity contribution is 7.99. The van der Waals surface area contributed by atoms with Crippen molar-refractivity contribution in [3.8, 4) is 0 Å². The van der Waals surface area contributed by atoms with E-state index in [1.54, 1.807) is 28.8 Å². The van der Waals surface area contributed by atoms with Crippen LogP contribution in [0.2, 0.25) is 5.02 Å². The van der Waals surface area contributed by atoms with Gasteiger partial charge >= 0.3 is 0 Å². The van der Waals surface area contributed by atoms with Crippen LogP contribution in [0.4, 0.5) is 4.39 Å². The number of benzene rings is 3. The Morgan fingerprint density at radius 1 is 0.972 bits per heavy atom. The molecule has 36 heavy (non-hydrogen) atoms. The summed E-state index contributed by atoms with van der Waals surface area (Å²) < 4.78 is 13.5. The summed E-state index contributed by atoms with van der Waals surface area (Å²) in [6, 6.07) is 22.6. The first-order chi connectivity index (χ1) is 17.5. The van der Waals surface area contributed by atoms with E-state index in [1.807, 2.05) is 54.6 Å². The summed E-state index contributed by atoms with van der Waals surface area (Å²) in [4.78, 5) is 29.6. The van der Waals surface area contributed by atoms with Crippen LogP contribution >= 0.6 is 23.4 Å². The predicted octanol–water partition coefficient (Wildman–Crippen LogP) is 6.52. The second-order valence-corrected chi connectivity index (χ2v) is 10.2. The molecule has 0 bridgehead atoms. The molecule has 2 amide bonds. The van der Waals surface area contributed by atoms with Gasteiger partial charge in [-0.25, -0.2) is 4.39 Å². The zero-order chi connectivity index (χ0) is 25.8. The smallest absolute Gasteiger partial charge is 0.243 e. The molecule has 0 spiro atoms. The molecule has 190 valence electrons. The molecule has 0 aliphatic heterocycles. The van der Waals surface area contributed by atoms with Crippen LogP contribution in [-0.4, -0.2) is 35.1 Å². The van der Waals surface area contributed by atoms with Gasteiger partial charge in [0, 0.05) is 41.6 Å². The molecule has 3 aromatic rings. The maximum absolute atomic E-state index is 13.6. The van der Waals surface area contributed by atoms with Crippen LogP contribution in [-0.2, 0) is 22.6 Å². The molecule has 7 heteroatoms. The van der Waals surface area contributed by atoms with Gasteiger partial charge < -0.3 is 10.2 Å². The number of nitrogens with one attached hydrogen (secondary N) is 1. The number of carbonyl (C=O) groups is 2. The molecule has 3 aromatic carbocycles. The Hall–Kier alpha value is -2.83. The van der Waals surface area contributed by atoms with Gasteiger partial charge in [0.05, 0.1) is 0 Å². The predicted molar refractivity (Wildman–Crippen MR) is 146 cm³/mol. The number of halogens is 2. The Bertz CT molecular complexity index is 1090. The van der Waals surface area contributed by atoms with Crippen molar-refractivity contribution in [3.05, 3.63) is 101 Å². The molecule has 0 heterocycles. The largest absolute Gasteiger partial charge is 0.354 e. The van der Waals surface area contributed by atoms with Crippen LogP contribution in [0.5, 0.6) is 0 Å². The standard InChI is InChI=1S/C29H32ClFN2O2S/c1-2-3-18-32-29(35)27(20-22-7-5-4-6-8-22)33(21-23-9-13-25(31)14-10-23)28(34)17-19-36-26-15-11-24(30)12-16-26/h4-16,27H,2-3,17-21H2,1H3,(H,32,35)/t27-/m1/s1. The van der Waals surface area contributed by atoms with Crippen LogP contribution in [0.25, 0.3) is 0 Å². The number of carbonyl (C=O) groups excluding carboxylic acids is 2. The lowest BCUT2D eigenvalue weighted by Crippen LogP contribution is -2.50. The van der Waals surface area contributed by atoms with E-state index in [2.05, 4.69) is 12.2 Å². The van der Waals surface area contributed by atoms with Crippen LogP contribution in [0.15, 0.2) is 83.8 Å². The first-order valence-corrected chi connectivity index (χ1v) is 13.6. The molecular formula is C29H32ClFN2O2S. The molecule has 0 aromatic heterocycles. The van der Waals surface area contributed by atoms with Crippen molar-refractivity contribution in [2.45, 2.75) is 50.1 Å². The van der Waals surface area contributed by atoms with Gasteiger partial charge in [-0.05, 0) is 53.9 Å². The molecule has 4 nitrogen and oxygen atoms in total. The number of nitrogens with zero attached hydrogens (tertiary/aromatic N) is 1. The Balaban J connectivity index is 1.81. The monoisotopic (exact) mass is 526 g/mol. The summed E-state index contributed by atoms with van der Waals surface area (Å²) in [5.74, 6) is -0.0646. The van der Waals surface area contributed by atoms with Gasteiger partial charge in [0.25, 0.3) is 0 Å². The van der Waals surface area contributed by atoms with Gasteiger partial charge in [-0.1, -0.05) is 67.4 Å². The summed E-state index contributed by atoms with van der Waals surface area (Å²) in [7, 11) is 0. The molecule has 0 saturated carbocycles. The number of rotatable bonds is 13. The highest BCUT2D eigenvalue weighted by Crippen LogP contribution is 2.22. The number of amides is 2. The van der Waals surface area contributed by atoms with Crippen LogP contribution in [0, 0.1) is 5.82 Å². The molecule has 0 radical (unpaired) electrons. The fraction of sp³-hybridized carbons (Fsp3) is 0.310. The third kappa shape index (κ3) is 8.99. The summed E-state index contributed by atoms with van der Waals surface area (Å²) in [5, 5.41) is 3.68. The second-order valence-electron chi connectivity index (χ2n) is 8.55. The fourth-order valence-electron chi connectivity index (χ4n) is 3.78. The average Bonchev–Trinajstić information content (AvgIpc) is 2.89. The molecule has 0 fully saturated rings. The van der Waals surface area contributed by atoms with Gasteiger partial charge in [-0.2, -0.15) is 0 Å². The molecule has 1 atom stereocenters. The van der Waals surface area contributed by atoms with Crippen molar-refractivity contribution in [2.75, 3.05) is 12.3 Å². The molecule has 0 aliphatic carbocycles. The lowest BCUT2D eigenvalue weighted by Gasteiger charge is -2.31. The lowest BCUT2D eigenvalue weighted by molar-refractivity contribution is -0.141. The van der Waals surface area contributed by atoms with E-state index >= 15 is 0 Å². The van der Waals surface area contributed by atoms with Crippen LogP contribution < -0.4 is 5.32 Å². The highest BCUT2D eigenvalue weighted by atomic mass is 35.5. The minimum atomic E-state index is -0.678. The summed E-state index contributed by atoms with van der Waals surface area (Å²) in [6.07, 6.45) is 2.50. The summed E-state index contributed by atoms with van der Waals surface area (Å²) in [6.45, 7) is 2.85. The Morgan fingerprint density at radius 3 is 2.33 bits per heavy atom. The Kier molecular flexibility index (Phi) is 11.3. The maximum atomic E-state index is 13.6. The van der Waals surface area contributed by atoms with Gasteiger partial charge in [-0.15, -0.1) is 11.8 Å². The fourth-order valence-corrected chi connectivity index (χ4v) is 4.74. The van der Waals surface area contributed by atoms with Crippen molar-refractivity contribution in [3.63, 3.8) is 0 Å². The zero-order valence-corrected chi connectivity index (χ0v) is 22.0. The molecule has 0 aliphatic rings. The second kappa shape index (κ2) is 14.7. The van der Waals surface area contributed by atoms with Gasteiger partial charge in [0.1, 0.15) is 11.9 Å². The Morgan fingerprint density at radius 2 is 1.67 bits per heavy atom. The van der Waals surface area contributed by atoms with Crippen molar-refractivity contribution in [1.82, 2.24) is 10.2 Å². The quantitative estimate of drug-likeness (QED) is 0.204. The minimum absolute atomic E-state index is 0.118. The molecular weight excluding hydrogens is 495 g/mol. The van der Waals surface area contributed by atoms with Crippen molar-refractivity contribution in [1.29, 1.82) is 0 Å². The number of unbranched alkanes of at least 4 members (excludes halogenated alkanes) is 1. The van der Waals surface area contributed by atoms with Crippen LogP contribution in [0.3, 0.4) is 0 Å². The zero-order valence-electron chi connectivity index (χ0n) is 20.5. The number of hydrogen-bond donors (Lipinski definition) is 1. The van der Waals surface area contributed by atoms with Crippen molar-refractivity contribution in [2.24, 2.45) is 0 Å². The first kappa shape index (κ1) is 27.8. The van der Waals surface area contributed by atoms with E-state index in [-0.39, 0.29) is 30.6 Å². The van der Waals surface area contributed by atoms with Gasteiger partial charge in [0.2, 0.25) is 11.8 Å². The van der Waals surface area contributed by atoms with E-state index in [1.165, 1.54) is 12.1 Å². The molecule has 1 N–H and O–H groups in total. The van der Waals surface area contributed by atoms with E-state index < -0.39 is 6.04 Å². The van der Waals surface area contributed by atoms with Gasteiger partial charge in [0.15, 0.2) is 0 Å². The van der Waals surface area contributed by atoms with E-state index in [0.717, 1.165) is 28.9 Å². The lowest BCUT2D eigenvalue weighted by atomic mass is 10.0. The van der Waals surface area contributed by atoms with E-state index in [9.17, 15) is 14.0 Å².